The lowest BCUT2D eigenvalue weighted by Crippen LogP contribution is -2.34. The Morgan fingerprint density at radius 2 is 2.33 bits per heavy atom. The van der Waals surface area contributed by atoms with Crippen molar-refractivity contribution in [3.63, 3.8) is 0 Å². The highest BCUT2D eigenvalue weighted by Gasteiger charge is 2.20. The zero-order valence-corrected chi connectivity index (χ0v) is 8.51. The van der Waals surface area contributed by atoms with Crippen molar-refractivity contribution in [1.82, 2.24) is 0 Å². The van der Waals surface area contributed by atoms with E-state index in [-0.39, 0.29) is 6.09 Å². The van der Waals surface area contributed by atoms with Gasteiger partial charge in [-0.15, -0.1) is 0 Å². The standard InChI is InChI=1S/C11H12N2O2/c1-2-15-11(14)13-8-7-12-9-5-3-4-6-10(9)13/h3-7H,2,8H2,1H3. The van der Waals surface area contributed by atoms with Gasteiger partial charge in [0.05, 0.1) is 24.5 Å². The third-order valence-electron chi connectivity index (χ3n) is 2.16. The maximum Gasteiger partial charge on any atom is 0.414 e. The average molecular weight is 204 g/mol. The van der Waals surface area contributed by atoms with Gasteiger partial charge in [-0.2, -0.15) is 0 Å². The lowest BCUT2D eigenvalue weighted by atomic mass is 10.2. The maximum absolute atomic E-state index is 11.6. The van der Waals surface area contributed by atoms with Crippen LogP contribution in [0.3, 0.4) is 0 Å². The second-order valence-electron chi connectivity index (χ2n) is 3.11. The lowest BCUT2D eigenvalue weighted by Gasteiger charge is -2.24. The van der Waals surface area contributed by atoms with E-state index in [0.29, 0.717) is 13.2 Å². The number of ether oxygens (including phenoxy) is 1. The van der Waals surface area contributed by atoms with Crippen LogP contribution in [0.2, 0.25) is 0 Å². The van der Waals surface area contributed by atoms with E-state index in [4.69, 9.17) is 4.74 Å². The normalized spacial score (nSPS) is 13.5. The third kappa shape index (κ3) is 1.83. The zero-order valence-electron chi connectivity index (χ0n) is 8.51. The van der Waals surface area contributed by atoms with Crippen LogP contribution in [0.25, 0.3) is 0 Å². The first-order chi connectivity index (χ1) is 7.33. The number of nitrogens with zero attached hydrogens (tertiary/aromatic N) is 2. The van der Waals surface area contributed by atoms with Gasteiger partial charge in [0.2, 0.25) is 0 Å². The van der Waals surface area contributed by atoms with Crippen molar-refractivity contribution < 1.29 is 9.53 Å². The van der Waals surface area contributed by atoms with Crippen LogP contribution in [0.1, 0.15) is 6.92 Å². The number of carbonyl (C=O) groups is 1. The summed E-state index contributed by atoms with van der Waals surface area (Å²) in [7, 11) is 0. The van der Waals surface area contributed by atoms with E-state index in [9.17, 15) is 4.79 Å². The monoisotopic (exact) mass is 204 g/mol. The van der Waals surface area contributed by atoms with Crippen LogP contribution in [0.5, 0.6) is 0 Å². The van der Waals surface area contributed by atoms with Crippen molar-refractivity contribution in [3.8, 4) is 0 Å². The zero-order chi connectivity index (χ0) is 10.7. The Hall–Kier alpha value is -1.84. The van der Waals surface area contributed by atoms with E-state index >= 15 is 0 Å². The molecule has 1 aliphatic heterocycles. The largest absolute Gasteiger partial charge is 0.449 e. The summed E-state index contributed by atoms with van der Waals surface area (Å²) in [6, 6.07) is 7.51. The summed E-state index contributed by atoms with van der Waals surface area (Å²) >= 11 is 0. The Morgan fingerprint density at radius 1 is 1.53 bits per heavy atom. The average Bonchev–Trinajstić information content (AvgIpc) is 2.28. The molecule has 78 valence electrons. The molecule has 4 nitrogen and oxygen atoms in total. The molecule has 15 heavy (non-hydrogen) atoms. The number of hydrogen-bond acceptors (Lipinski definition) is 3. The highest BCUT2D eigenvalue weighted by molar-refractivity contribution is 5.97. The van der Waals surface area contributed by atoms with Gasteiger partial charge in [-0.25, -0.2) is 4.79 Å². The highest BCUT2D eigenvalue weighted by Crippen LogP contribution is 2.30. The van der Waals surface area contributed by atoms with Crippen molar-refractivity contribution in [1.29, 1.82) is 0 Å². The molecule has 0 saturated carbocycles. The van der Waals surface area contributed by atoms with E-state index in [1.807, 2.05) is 24.3 Å². The molecular formula is C11H12N2O2. The van der Waals surface area contributed by atoms with E-state index in [1.54, 1.807) is 18.0 Å². The number of anilines is 1. The minimum absolute atomic E-state index is 0.323. The van der Waals surface area contributed by atoms with Crippen LogP contribution >= 0.6 is 0 Å². The fraction of sp³-hybridized carbons (Fsp3) is 0.273. The molecule has 1 amide bonds. The first-order valence-corrected chi connectivity index (χ1v) is 4.88. The molecule has 0 unspecified atom stereocenters. The molecule has 1 aromatic carbocycles. The van der Waals surface area contributed by atoms with Crippen molar-refractivity contribution in [3.05, 3.63) is 24.3 Å². The van der Waals surface area contributed by atoms with E-state index < -0.39 is 0 Å². The molecule has 0 atom stereocenters. The van der Waals surface area contributed by atoms with E-state index in [2.05, 4.69) is 4.99 Å². The summed E-state index contributed by atoms with van der Waals surface area (Å²) in [6.45, 7) is 2.65. The predicted octanol–water partition coefficient (Wildman–Crippen LogP) is 2.37. The Labute approximate surface area is 88.2 Å². The van der Waals surface area contributed by atoms with Gasteiger partial charge in [0, 0.05) is 6.21 Å². The molecule has 1 aliphatic rings. The molecule has 0 radical (unpaired) electrons. The third-order valence-corrected chi connectivity index (χ3v) is 2.16. The van der Waals surface area contributed by atoms with Crippen molar-refractivity contribution in [2.75, 3.05) is 18.1 Å². The number of hydrogen-bond donors (Lipinski definition) is 0. The Balaban J connectivity index is 2.30. The minimum atomic E-state index is -0.323. The smallest absolute Gasteiger partial charge is 0.414 e. The fourth-order valence-electron chi connectivity index (χ4n) is 1.50. The molecule has 0 fully saturated rings. The summed E-state index contributed by atoms with van der Waals surface area (Å²) in [5.74, 6) is 0. The first kappa shape index (κ1) is 9.71. The number of para-hydroxylation sites is 2. The molecule has 1 aromatic rings. The molecule has 0 saturated heterocycles. The second kappa shape index (κ2) is 4.13. The summed E-state index contributed by atoms with van der Waals surface area (Å²) in [4.78, 5) is 17.4. The molecule has 0 N–H and O–H groups in total. The summed E-state index contributed by atoms with van der Waals surface area (Å²) in [5, 5.41) is 0. The number of rotatable bonds is 1. The van der Waals surface area contributed by atoms with Crippen LogP contribution < -0.4 is 4.90 Å². The van der Waals surface area contributed by atoms with Crippen LogP contribution in [-0.4, -0.2) is 25.5 Å². The van der Waals surface area contributed by atoms with Crippen molar-refractivity contribution in [2.45, 2.75) is 6.92 Å². The molecular weight excluding hydrogens is 192 g/mol. The Morgan fingerprint density at radius 3 is 3.13 bits per heavy atom. The van der Waals surface area contributed by atoms with Gasteiger partial charge in [0.25, 0.3) is 0 Å². The topological polar surface area (TPSA) is 41.9 Å². The first-order valence-electron chi connectivity index (χ1n) is 4.88. The number of amides is 1. The maximum atomic E-state index is 11.6. The van der Waals surface area contributed by atoms with E-state index in [0.717, 1.165) is 11.4 Å². The Bertz CT molecular complexity index is 401. The number of carbonyl (C=O) groups excluding carboxylic acids is 1. The van der Waals surface area contributed by atoms with Crippen molar-refractivity contribution >= 4 is 23.7 Å². The van der Waals surface area contributed by atoms with Gasteiger partial charge < -0.3 is 4.74 Å². The molecule has 0 aliphatic carbocycles. The number of fused-ring (bicyclic) bond motifs is 1. The molecule has 4 heteroatoms. The van der Waals surface area contributed by atoms with Crippen LogP contribution in [-0.2, 0) is 4.74 Å². The number of benzene rings is 1. The van der Waals surface area contributed by atoms with Gasteiger partial charge in [-0.1, -0.05) is 12.1 Å². The van der Waals surface area contributed by atoms with Gasteiger partial charge in [-0.05, 0) is 19.1 Å². The number of aliphatic imine (C=N–C) groups is 1. The lowest BCUT2D eigenvalue weighted by molar-refractivity contribution is 0.160. The highest BCUT2D eigenvalue weighted by atomic mass is 16.6. The summed E-state index contributed by atoms with van der Waals surface area (Å²) < 4.78 is 4.96. The van der Waals surface area contributed by atoms with Crippen LogP contribution in [0.15, 0.2) is 29.3 Å². The van der Waals surface area contributed by atoms with Gasteiger partial charge >= 0.3 is 6.09 Å². The Kier molecular flexibility index (Phi) is 2.67. The van der Waals surface area contributed by atoms with Crippen molar-refractivity contribution in [2.24, 2.45) is 4.99 Å². The fourth-order valence-corrected chi connectivity index (χ4v) is 1.50. The molecule has 1 heterocycles. The van der Waals surface area contributed by atoms with Gasteiger partial charge in [0.1, 0.15) is 0 Å². The van der Waals surface area contributed by atoms with Crippen LogP contribution in [0.4, 0.5) is 16.2 Å². The summed E-state index contributed by atoms with van der Waals surface area (Å²) in [5.41, 5.74) is 1.61. The minimum Gasteiger partial charge on any atom is -0.449 e. The quantitative estimate of drug-likeness (QED) is 0.704. The SMILES string of the molecule is CCOC(=O)N1CC=Nc2ccccc21. The van der Waals surface area contributed by atoms with E-state index in [1.165, 1.54) is 0 Å². The van der Waals surface area contributed by atoms with Crippen LogP contribution in [0, 0.1) is 0 Å². The molecule has 0 bridgehead atoms. The van der Waals surface area contributed by atoms with Gasteiger partial charge in [0.15, 0.2) is 0 Å². The summed E-state index contributed by atoms with van der Waals surface area (Å²) in [6.07, 6.45) is 1.38. The van der Waals surface area contributed by atoms with Gasteiger partial charge in [-0.3, -0.25) is 9.89 Å². The molecule has 2 rings (SSSR count). The predicted molar refractivity (Wildman–Crippen MR) is 59.0 cm³/mol. The molecule has 0 spiro atoms. The molecule has 0 aromatic heterocycles. The second-order valence-corrected chi connectivity index (χ2v) is 3.11.